The molecule has 0 unspecified atom stereocenters. The number of sulfonamides is 1. The van der Waals surface area contributed by atoms with Crippen LogP contribution >= 0.6 is 0 Å². The second kappa shape index (κ2) is 8.20. The van der Waals surface area contributed by atoms with Gasteiger partial charge in [-0.15, -0.1) is 0 Å². The van der Waals surface area contributed by atoms with Crippen LogP contribution in [0.5, 0.6) is 5.75 Å². The van der Waals surface area contributed by atoms with E-state index in [0.29, 0.717) is 24.6 Å². The zero-order chi connectivity index (χ0) is 18.6. The van der Waals surface area contributed by atoms with Crippen LogP contribution < -0.4 is 4.74 Å². The molecule has 3 rings (SSSR count). The molecule has 0 amide bonds. The largest absolute Gasteiger partial charge is 0.492 e. The Bertz CT molecular complexity index is 829. The number of nitrogens with zero attached hydrogens (tertiary/aromatic N) is 2. The van der Waals surface area contributed by atoms with Crippen LogP contribution in [0, 0.1) is 13.8 Å². The molecule has 2 aromatic rings. The highest BCUT2D eigenvalue weighted by Gasteiger charge is 2.28. The van der Waals surface area contributed by atoms with Crippen LogP contribution in [0.25, 0.3) is 0 Å². The molecule has 0 bridgehead atoms. The van der Waals surface area contributed by atoms with Crippen LogP contribution in [0.2, 0.25) is 0 Å². The summed E-state index contributed by atoms with van der Waals surface area (Å²) >= 11 is 0. The lowest BCUT2D eigenvalue weighted by molar-refractivity contribution is 0.158. The van der Waals surface area contributed by atoms with Gasteiger partial charge in [0.2, 0.25) is 10.0 Å². The summed E-state index contributed by atoms with van der Waals surface area (Å²) in [6.45, 7) is 7.98. The molecule has 2 aromatic carbocycles. The highest BCUT2D eigenvalue weighted by Crippen LogP contribution is 2.20. The van der Waals surface area contributed by atoms with E-state index in [1.165, 1.54) is 5.56 Å². The van der Waals surface area contributed by atoms with Gasteiger partial charge < -0.3 is 4.74 Å². The van der Waals surface area contributed by atoms with E-state index in [-0.39, 0.29) is 0 Å². The Balaban J connectivity index is 1.49. The van der Waals surface area contributed by atoms with Gasteiger partial charge in [0.25, 0.3) is 0 Å². The van der Waals surface area contributed by atoms with Crippen molar-refractivity contribution in [3.8, 4) is 5.75 Å². The first-order valence-electron chi connectivity index (χ1n) is 8.94. The van der Waals surface area contributed by atoms with Gasteiger partial charge in [-0.3, -0.25) is 4.90 Å². The van der Waals surface area contributed by atoms with Crippen molar-refractivity contribution >= 4 is 10.0 Å². The summed E-state index contributed by atoms with van der Waals surface area (Å²) in [6, 6.07) is 14.8. The van der Waals surface area contributed by atoms with Gasteiger partial charge in [-0.2, -0.15) is 4.31 Å². The van der Waals surface area contributed by atoms with Gasteiger partial charge in [-0.1, -0.05) is 30.3 Å². The predicted octanol–water partition coefficient (Wildman–Crippen LogP) is 2.69. The van der Waals surface area contributed by atoms with E-state index in [0.717, 1.165) is 30.9 Å². The van der Waals surface area contributed by atoms with Crippen LogP contribution in [0.3, 0.4) is 0 Å². The predicted molar refractivity (Wildman–Crippen MR) is 103 cm³/mol. The maximum absolute atomic E-state index is 12.6. The van der Waals surface area contributed by atoms with Gasteiger partial charge in [0.05, 0.1) is 4.90 Å². The third kappa shape index (κ3) is 4.44. The molecule has 1 aliphatic rings. The Kier molecular flexibility index (Phi) is 5.96. The van der Waals surface area contributed by atoms with E-state index >= 15 is 0 Å². The van der Waals surface area contributed by atoms with Gasteiger partial charge in [0.1, 0.15) is 12.4 Å². The lowest BCUT2D eigenvalue weighted by atomic mass is 10.1. The monoisotopic (exact) mass is 374 g/mol. The molecule has 1 saturated heterocycles. The average molecular weight is 375 g/mol. The van der Waals surface area contributed by atoms with Crippen LogP contribution in [0.1, 0.15) is 11.1 Å². The minimum Gasteiger partial charge on any atom is -0.492 e. The van der Waals surface area contributed by atoms with Gasteiger partial charge in [0.15, 0.2) is 0 Å². The lowest BCUT2D eigenvalue weighted by Gasteiger charge is -2.33. The van der Waals surface area contributed by atoms with E-state index in [9.17, 15) is 8.42 Å². The van der Waals surface area contributed by atoms with Crippen molar-refractivity contribution in [3.63, 3.8) is 0 Å². The first-order chi connectivity index (χ1) is 12.5. The van der Waals surface area contributed by atoms with Crippen LogP contribution in [0.15, 0.2) is 53.4 Å². The molecule has 0 spiro atoms. The molecule has 0 atom stereocenters. The second-order valence-electron chi connectivity index (χ2n) is 6.68. The molecular weight excluding hydrogens is 348 g/mol. The maximum Gasteiger partial charge on any atom is 0.243 e. The van der Waals surface area contributed by atoms with Crippen LogP contribution in [0.4, 0.5) is 0 Å². The first-order valence-corrected chi connectivity index (χ1v) is 10.4. The van der Waals surface area contributed by atoms with Gasteiger partial charge in [0, 0.05) is 32.7 Å². The molecule has 1 heterocycles. The van der Waals surface area contributed by atoms with Crippen molar-refractivity contribution in [1.82, 2.24) is 9.21 Å². The molecule has 1 fully saturated rings. The molecule has 0 aliphatic carbocycles. The Hall–Kier alpha value is -1.89. The Labute approximate surface area is 156 Å². The molecular formula is C20H26N2O3S. The molecule has 0 N–H and O–H groups in total. The van der Waals surface area contributed by atoms with E-state index in [4.69, 9.17) is 4.74 Å². The second-order valence-corrected chi connectivity index (χ2v) is 8.61. The summed E-state index contributed by atoms with van der Waals surface area (Å²) in [7, 11) is -3.38. The van der Waals surface area contributed by atoms with E-state index in [1.54, 1.807) is 28.6 Å². The number of aryl methyl sites for hydroxylation is 2. The topological polar surface area (TPSA) is 49.9 Å². The molecule has 5 nitrogen and oxygen atoms in total. The lowest BCUT2D eigenvalue weighted by Crippen LogP contribution is -2.49. The highest BCUT2D eigenvalue weighted by atomic mass is 32.2. The quantitative estimate of drug-likeness (QED) is 0.780. The Morgan fingerprint density at radius 3 is 2.35 bits per heavy atom. The normalized spacial score (nSPS) is 16.5. The SMILES string of the molecule is Cc1ccc(C)c(OCCN2CCN(S(=O)(=O)c3ccccc3)CC2)c1. The molecule has 1 aliphatic heterocycles. The number of piperazine rings is 1. The molecule has 6 heteroatoms. The summed E-state index contributed by atoms with van der Waals surface area (Å²) in [6.07, 6.45) is 0. The molecule has 0 radical (unpaired) electrons. The Morgan fingerprint density at radius 2 is 1.65 bits per heavy atom. The summed E-state index contributed by atoms with van der Waals surface area (Å²) in [5.41, 5.74) is 2.32. The smallest absolute Gasteiger partial charge is 0.243 e. The van der Waals surface area contributed by atoms with Crippen molar-refractivity contribution < 1.29 is 13.2 Å². The minimum atomic E-state index is -3.38. The summed E-state index contributed by atoms with van der Waals surface area (Å²) in [5, 5.41) is 0. The molecule has 26 heavy (non-hydrogen) atoms. The van der Waals surface area contributed by atoms with Gasteiger partial charge >= 0.3 is 0 Å². The van der Waals surface area contributed by atoms with Crippen molar-refractivity contribution in [2.75, 3.05) is 39.3 Å². The van der Waals surface area contributed by atoms with E-state index < -0.39 is 10.0 Å². The minimum absolute atomic E-state index is 0.367. The van der Waals surface area contributed by atoms with E-state index in [2.05, 4.69) is 30.0 Å². The number of benzene rings is 2. The molecule has 140 valence electrons. The number of hydrogen-bond donors (Lipinski definition) is 0. The maximum atomic E-state index is 12.6. The van der Waals surface area contributed by atoms with Gasteiger partial charge in [-0.05, 0) is 43.2 Å². The summed E-state index contributed by atoms with van der Waals surface area (Å²) < 4.78 is 32.8. The fourth-order valence-corrected chi connectivity index (χ4v) is 4.53. The fraction of sp³-hybridized carbons (Fsp3) is 0.400. The third-order valence-electron chi connectivity index (χ3n) is 4.72. The van der Waals surface area contributed by atoms with Crippen LogP contribution in [-0.4, -0.2) is 57.0 Å². The fourth-order valence-electron chi connectivity index (χ4n) is 3.08. The van der Waals surface area contributed by atoms with Crippen molar-refractivity contribution in [1.29, 1.82) is 0 Å². The van der Waals surface area contributed by atoms with Gasteiger partial charge in [-0.25, -0.2) is 8.42 Å². The number of ether oxygens (including phenoxy) is 1. The third-order valence-corrected chi connectivity index (χ3v) is 6.63. The Morgan fingerprint density at radius 1 is 0.962 bits per heavy atom. The average Bonchev–Trinajstić information content (AvgIpc) is 2.66. The van der Waals surface area contributed by atoms with Crippen LogP contribution in [-0.2, 0) is 10.0 Å². The first kappa shape index (κ1) is 18.9. The number of rotatable bonds is 6. The van der Waals surface area contributed by atoms with Crippen molar-refractivity contribution in [2.24, 2.45) is 0 Å². The van der Waals surface area contributed by atoms with E-state index in [1.807, 2.05) is 13.0 Å². The number of hydrogen-bond acceptors (Lipinski definition) is 4. The zero-order valence-corrected chi connectivity index (χ0v) is 16.2. The molecule has 0 saturated carbocycles. The standard InChI is InChI=1S/C20H26N2O3S/c1-17-8-9-18(2)20(16-17)25-15-14-21-10-12-22(13-11-21)26(23,24)19-6-4-3-5-7-19/h3-9,16H,10-15H2,1-2H3. The molecule has 0 aromatic heterocycles. The summed E-state index contributed by atoms with van der Waals surface area (Å²) in [5.74, 6) is 0.926. The highest BCUT2D eigenvalue weighted by molar-refractivity contribution is 7.89. The van der Waals surface area contributed by atoms with Crippen molar-refractivity contribution in [3.05, 3.63) is 59.7 Å². The van der Waals surface area contributed by atoms with Crippen molar-refractivity contribution in [2.45, 2.75) is 18.7 Å². The zero-order valence-electron chi connectivity index (χ0n) is 15.4. The summed E-state index contributed by atoms with van der Waals surface area (Å²) in [4.78, 5) is 2.62.